The van der Waals surface area contributed by atoms with Crippen LogP contribution in [0.4, 0.5) is 0 Å². The van der Waals surface area contributed by atoms with Crippen LogP contribution in [0.15, 0.2) is 21.3 Å². The Hall–Kier alpha value is -1.62. The van der Waals surface area contributed by atoms with Crippen LogP contribution >= 0.6 is 0 Å². The topological polar surface area (TPSA) is 64.1 Å². The molecule has 0 radical (unpaired) electrons. The second kappa shape index (κ2) is 3.75. The highest BCUT2D eigenvalue weighted by atomic mass is 16.5. The normalized spacial score (nSPS) is 20.4. The summed E-state index contributed by atoms with van der Waals surface area (Å²) >= 11 is 0. The predicted molar refractivity (Wildman–Crippen MR) is 56.7 cm³/mol. The molecule has 0 amide bonds. The lowest BCUT2D eigenvalue weighted by atomic mass is 10.2. The molecule has 1 atom stereocenters. The van der Waals surface area contributed by atoms with Crippen molar-refractivity contribution in [3.05, 3.63) is 24.0 Å². The average molecular weight is 219 g/mol. The summed E-state index contributed by atoms with van der Waals surface area (Å²) in [7, 11) is 0. The molecular weight excluding hydrogens is 206 g/mol. The van der Waals surface area contributed by atoms with Crippen molar-refractivity contribution in [2.75, 3.05) is 6.54 Å². The van der Waals surface area contributed by atoms with Gasteiger partial charge in [-0.3, -0.25) is 0 Å². The third-order valence-electron chi connectivity index (χ3n) is 2.90. The maximum atomic E-state index is 5.26. The van der Waals surface area contributed by atoms with Gasteiger partial charge >= 0.3 is 0 Å². The highest BCUT2D eigenvalue weighted by molar-refractivity contribution is 5.56. The first-order valence-electron chi connectivity index (χ1n) is 5.46. The van der Waals surface area contributed by atoms with Gasteiger partial charge in [0.1, 0.15) is 5.76 Å². The monoisotopic (exact) mass is 219 g/mol. The number of rotatable bonds is 2. The Morgan fingerprint density at radius 1 is 1.50 bits per heavy atom. The Morgan fingerprint density at radius 3 is 3.12 bits per heavy atom. The molecule has 0 spiro atoms. The third-order valence-corrected chi connectivity index (χ3v) is 2.90. The van der Waals surface area contributed by atoms with Crippen LogP contribution < -0.4 is 5.32 Å². The molecule has 5 heteroatoms. The van der Waals surface area contributed by atoms with Crippen LogP contribution in [-0.2, 0) is 0 Å². The average Bonchev–Trinajstić information content (AvgIpc) is 2.96. The van der Waals surface area contributed by atoms with Crippen LogP contribution in [0.1, 0.15) is 30.5 Å². The summed E-state index contributed by atoms with van der Waals surface area (Å²) < 4.78 is 10.5. The number of furan rings is 1. The summed E-state index contributed by atoms with van der Waals surface area (Å²) in [6.07, 6.45) is 3.85. The molecule has 3 heterocycles. The second-order valence-corrected chi connectivity index (χ2v) is 4.00. The van der Waals surface area contributed by atoms with Crippen molar-refractivity contribution in [2.24, 2.45) is 0 Å². The highest BCUT2D eigenvalue weighted by Gasteiger charge is 2.23. The fraction of sp³-hybridized carbons (Fsp3) is 0.455. The zero-order chi connectivity index (χ0) is 11.0. The van der Waals surface area contributed by atoms with Gasteiger partial charge in [-0.2, -0.15) is 4.98 Å². The van der Waals surface area contributed by atoms with Crippen LogP contribution in [0.3, 0.4) is 0 Å². The highest BCUT2D eigenvalue weighted by Crippen LogP contribution is 2.26. The minimum atomic E-state index is 0.216. The standard InChI is InChI=1S/C11H13N3O2/c1-7-8(4-6-15-7)10-13-11(16-14-10)9-3-2-5-12-9/h4,6,9,12H,2-3,5H2,1H3/t9-/m1/s1. The van der Waals surface area contributed by atoms with E-state index < -0.39 is 0 Å². The number of hydrogen-bond acceptors (Lipinski definition) is 5. The van der Waals surface area contributed by atoms with E-state index in [1.807, 2.05) is 13.0 Å². The van der Waals surface area contributed by atoms with Crippen molar-refractivity contribution in [3.8, 4) is 11.4 Å². The molecule has 0 aromatic carbocycles. The smallest absolute Gasteiger partial charge is 0.244 e. The molecule has 16 heavy (non-hydrogen) atoms. The number of hydrogen-bond donors (Lipinski definition) is 1. The molecule has 0 aliphatic carbocycles. The number of aryl methyl sites for hydroxylation is 1. The van der Waals surface area contributed by atoms with Gasteiger partial charge in [-0.05, 0) is 32.4 Å². The molecule has 2 aromatic heterocycles. The fourth-order valence-corrected chi connectivity index (χ4v) is 2.00. The van der Waals surface area contributed by atoms with Gasteiger partial charge in [0.15, 0.2) is 0 Å². The molecular formula is C11H13N3O2. The van der Waals surface area contributed by atoms with Crippen molar-refractivity contribution in [1.82, 2.24) is 15.5 Å². The molecule has 1 N–H and O–H groups in total. The van der Waals surface area contributed by atoms with E-state index in [1.54, 1.807) is 6.26 Å². The first kappa shape index (κ1) is 9.59. The molecule has 1 saturated heterocycles. The lowest BCUT2D eigenvalue weighted by molar-refractivity contribution is 0.345. The Labute approximate surface area is 92.8 Å². The van der Waals surface area contributed by atoms with Gasteiger partial charge in [0.05, 0.1) is 17.9 Å². The first-order valence-corrected chi connectivity index (χ1v) is 5.46. The van der Waals surface area contributed by atoms with E-state index in [9.17, 15) is 0 Å². The maximum absolute atomic E-state index is 5.26. The van der Waals surface area contributed by atoms with Gasteiger partial charge < -0.3 is 14.3 Å². The first-order chi connectivity index (χ1) is 7.84. The SMILES string of the molecule is Cc1occc1-c1noc([C@H]2CCCN2)n1. The van der Waals surface area contributed by atoms with E-state index in [4.69, 9.17) is 8.94 Å². The summed E-state index contributed by atoms with van der Waals surface area (Å²) in [5.74, 6) is 2.09. The minimum absolute atomic E-state index is 0.216. The van der Waals surface area contributed by atoms with E-state index >= 15 is 0 Å². The Morgan fingerprint density at radius 2 is 2.44 bits per heavy atom. The summed E-state index contributed by atoms with van der Waals surface area (Å²) in [6.45, 7) is 2.91. The van der Waals surface area contributed by atoms with Crippen LogP contribution in [0.25, 0.3) is 11.4 Å². The predicted octanol–water partition coefficient (Wildman–Crippen LogP) is 2.06. The summed E-state index contributed by atoms with van der Waals surface area (Å²) in [6, 6.07) is 2.07. The zero-order valence-electron chi connectivity index (χ0n) is 9.06. The van der Waals surface area contributed by atoms with Gasteiger partial charge in [0, 0.05) is 0 Å². The van der Waals surface area contributed by atoms with Crippen molar-refractivity contribution in [1.29, 1.82) is 0 Å². The number of aromatic nitrogens is 2. The molecule has 2 aromatic rings. The summed E-state index contributed by atoms with van der Waals surface area (Å²) in [5, 5.41) is 7.30. The third kappa shape index (κ3) is 1.53. The summed E-state index contributed by atoms with van der Waals surface area (Å²) in [4.78, 5) is 4.40. The van der Waals surface area contributed by atoms with E-state index in [-0.39, 0.29) is 6.04 Å². The second-order valence-electron chi connectivity index (χ2n) is 4.00. The van der Waals surface area contributed by atoms with Crippen LogP contribution in [0.5, 0.6) is 0 Å². The van der Waals surface area contributed by atoms with Crippen molar-refractivity contribution < 1.29 is 8.94 Å². The van der Waals surface area contributed by atoms with Crippen LogP contribution in [-0.4, -0.2) is 16.7 Å². The molecule has 1 aliphatic rings. The molecule has 3 rings (SSSR count). The molecule has 1 aliphatic heterocycles. The zero-order valence-corrected chi connectivity index (χ0v) is 9.06. The van der Waals surface area contributed by atoms with E-state index in [1.165, 1.54) is 0 Å². The largest absolute Gasteiger partial charge is 0.469 e. The van der Waals surface area contributed by atoms with Gasteiger partial charge in [-0.1, -0.05) is 5.16 Å². The van der Waals surface area contributed by atoms with E-state index in [0.717, 1.165) is 30.7 Å². The van der Waals surface area contributed by atoms with Crippen molar-refractivity contribution in [3.63, 3.8) is 0 Å². The fourth-order valence-electron chi connectivity index (χ4n) is 2.00. The lowest BCUT2D eigenvalue weighted by Crippen LogP contribution is -2.12. The molecule has 0 unspecified atom stereocenters. The Kier molecular flexibility index (Phi) is 2.25. The van der Waals surface area contributed by atoms with Crippen molar-refractivity contribution in [2.45, 2.75) is 25.8 Å². The Balaban J connectivity index is 1.90. The molecule has 5 nitrogen and oxygen atoms in total. The Bertz CT molecular complexity index is 483. The lowest BCUT2D eigenvalue weighted by Gasteiger charge is -2.01. The van der Waals surface area contributed by atoms with Crippen LogP contribution in [0, 0.1) is 6.92 Å². The van der Waals surface area contributed by atoms with Gasteiger partial charge in [0.2, 0.25) is 11.7 Å². The quantitative estimate of drug-likeness (QED) is 0.837. The van der Waals surface area contributed by atoms with Crippen molar-refractivity contribution >= 4 is 0 Å². The molecule has 0 saturated carbocycles. The van der Waals surface area contributed by atoms with E-state index in [0.29, 0.717) is 11.7 Å². The van der Waals surface area contributed by atoms with Gasteiger partial charge in [-0.15, -0.1) is 0 Å². The van der Waals surface area contributed by atoms with Gasteiger partial charge in [0.25, 0.3) is 0 Å². The number of nitrogens with zero attached hydrogens (tertiary/aromatic N) is 2. The maximum Gasteiger partial charge on any atom is 0.244 e. The van der Waals surface area contributed by atoms with Gasteiger partial charge in [-0.25, -0.2) is 0 Å². The molecule has 0 bridgehead atoms. The summed E-state index contributed by atoms with van der Waals surface area (Å²) in [5.41, 5.74) is 0.896. The van der Waals surface area contributed by atoms with Crippen LogP contribution in [0.2, 0.25) is 0 Å². The van der Waals surface area contributed by atoms with E-state index in [2.05, 4.69) is 15.5 Å². The number of nitrogens with one attached hydrogen (secondary N) is 1. The minimum Gasteiger partial charge on any atom is -0.469 e. The molecule has 1 fully saturated rings. The molecule has 84 valence electrons.